The maximum absolute atomic E-state index is 4.31. The van der Waals surface area contributed by atoms with E-state index in [9.17, 15) is 0 Å². The Balaban J connectivity index is 2.61. The molecule has 2 nitrogen and oxygen atoms in total. The average Bonchev–Trinajstić information content (AvgIpc) is 2.26. The Hall–Kier alpha value is -0.340. The molecule has 1 N–H and O–H groups in total. The summed E-state index contributed by atoms with van der Waals surface area (Å²) in [5.41, 5.74) is 1.48. The summed E-state index contributed by atoms with van der Waals surface area (Å²) in [6.07, 6.45) is 5.14. The van der Waals surface area contributed by atoms with Gasteiger partial charge in [0.2, 0.25) is 0 Å². The minimum absolute atomic E-state index is 0.694. The molecule has 0 saturated heterocycles. The van der Waals surface area contributed by atoms with Crippen molar-refractivity contribution in [3.63, 3.8) is 0 Å². The van der Waals surface area contributed by atoms with Gasteiger partial charge in [0, 0.05) is 12.6 Å². The predicted octanol–water partition coefficient (Wildman–Crippen LogP) is 2.91. The SMILES string of the molecule is C=C1CCC[C@@H](N(C)CC(C)C)[C@H]1CCNC. The first-order valence-corrected chi connectivity index (χ1v) is 7.08. The molecule has 1 rings (SSSR count). The Morgan fingerprint density at radius 3 is 2.76 bits per heavy atom. The summed E-state index contributed by atoms with van der Waals surface area (Å²) in [5, 5.41) is 3.28. The molecule has 2 heteroatoms. The van der Waals surface area contributed by atoms with Gasteiger partial charge in [-0.05, 0) is 58.2 Å². The Bertz CT molecular complexity index is 235. The van der Waals surface area contributed by atoms with Crippen molar-refractivity contribution in [2.45, 2.75) is 45.6 Å². The van der Waals surface area contributed by atoms with E-state index in [0.717, 1.165) is 12.5 Å². The average molecular weight is 238 g/mol. The van der Waals surface area contributed by atoms with E-state index in [1.165, 1.54) is 37.8 Å². The molecule has 1 aliphatic rings. The number of nitrogens with zero attached hydrogens (tertiary/aromatic N) is 1. The quantitative estimate of drug-likeness (QED) is 0.716. The van der Waals surface area contributed by atoms with Gasteiger partial charge in [-0.25, -0.2) is 0 Å². The van der Waals surface area contributed by atoms with Crippen LogP contribution in [0.15, 0.2) is 12.2 Å². The lowest BCUT2D eigenvalue weighted by Gasteiger charge is -2.40. The van der Waals surface area contributed by atoms with Crippen molar-refractivity contribution in [2.24, 2.45) is 11.8 Å². The molecule has 0 spiro atoms. The lowest BCUT2D eigenvalue weighted by Crippen LogP contribution is -2.43. The maximum Gasteiger partial charge on any atom is 0.0158 e. The van der Waals surface area contributed by atoms with E-state index in [1.54, 1.807) is 0 Å². The molecule has 0 radical (unpaired) electrons. The molecule has 0 heterocycles. The molecule has 1 fully saturated rings. The maximum atomic E-state index is 4.31. The van der Waals surface area contributed by atoms with Crippen LogP contribution in [0.5, 0.6) is 0 Å². The zero-order valence-electron chi connectivity index (χ0n) is 12.1. The van der Waals surface area contributed by atoms with Crippen LogP contribution in [0.2, 0.25) is 0 Å². The predicted molar refractivity (Wildman–Crippen MR) is 76.3 cm³/mol. The van der Waals surface area contributed by atoms with Crippen molar-refractivity contribution in [3.8, 4) is 0 Å². The molecule has 0 aromatic carbocycles. The van der Waals surface area contributed by atoms with Gasteiger partial charge in [0.25, 0.3) is 0 Å². The summed E-state index contributed by atoms with van der Waals surface area (Å²) in [6.45, 7) is 11.2. The van der Waals surface area contributed by atoms with Crippen LogP contribution in [-0.2, 0) is 0 Å². The Kier molecular flexibility index (Phi) is 6.21. The zero-order valence-corrected chi connectivity index (χ0v) is 12.1. The van der Waals surface area contributed by atoms with Crippen molar-refractivity contribution in [3.05, 3.63) is 12.2 Å². The van der Waals surface area contributed by atoms with Crippen LogP contribution in [0, 0.1) is 11.8 Å². The largest absolute Gasteiger partial charge is 0.320 e. The first-order valence-electron chi connectivity index (χ1n) is 7.08. The lowest BCUT2D eigenvalue weighted by molar-refractivity contribution is 0.141. The second-order valence-electron chi connectivity index (χ2n) is 5.95. The van der Waals surface area contributed by atoms with Gasteiger partial charge in [-0.1, -0.05) is 26.0 Å². The van der Waals surface area contributed by atoms with Gasteiger partial charge in [0.15, 0.2) is 0 Å². The number of nitrogens with one attached hydrogen (secondary N) is 1. The second kappa shape index (κ2) is 7.17. The molecule has 1 saturated carbocycles. The molecular weight excluding hydrogens is 208 g/mol. The summed E-state index contributed by atoms with van der Waals surface area (Å²) in [6, 6.07) is 0.715. The number of hydrogen-bond acceptors (Lipinski definition) is 2. The van der Waals surface area contributed by atoms with Crippen LogP contribution in [0.4, 0.5) is 0 Å². The van der Waals surface area contributed by atoms with E-state index in [0.29, 0.717) is 12.0 Å². The molecule has 2 atom stereocenters. The molecule has 100 valence electrons. The normalized spacial score (nSPS) is 25.9. The third kappa shape index (κ3) is 4.44. The van der Waals surface area contributed by atoms with Gasteiger partial charge in [-0.2, -0.15) is 0 Å². The van der Waals surface area contributed by atoms with Crippen molar-refractivity contribution >= 4 is 0 Å². The molecule has 0 amide bonds. The van der Waals surface area contributed by atoms with Crippen molar-refractivity contribution in [1.82, 2.24) is 10.2 Å². The highest BCUT2D eigenvalue weighted by Gasteiger charge is 2.30. The van der Waals surface area contributed by atoms with Crippen LogP contribution in [-0.4, -0.2) is 38.1 Å². The Morgan fingerprint density at radius 1 is 1.47 bits per heavy atom. The van der Waals surface area contributed by atoms with E-state index in [1.807, 2.05) is 7.05 Å². The highest BCUT2D eigenvalue weighted by Crippen LogP contribution is 2.33. The molecule has 17 heavy (non-hydrogen) atoms. The summed E-state index contributed by atoms with van der Waals surface area (Å²) in [4.78, 5) is 2.56. The highest BCUT2D eigenvalue weighted by molar-refractivity contribution is 5.08. The van der Waals surface area contributed by atoms with Gasteiger partial charge < -0.3 is 10.2 Å². The van der Waals surface area contributed by atoms with Crippen molar-refractivity contribution in [1.29, 1.82) is 0 Å². The van der Waals surface area contributed by atoms with Crippen LogP contribution in [0.25, 0.3) is 0 Å². The molecular formula is C15H30N2. The smallest absolute Gasteiger partial charge is 0.0158 e. The second-order valence-corrected chi connectivity index (χ2v) is 5.95. The minimum Gasteiger partial charge on any atom is -0.320 e. The molecule has 0 aliphatic heterocycles. The van der Waals surface area contributed by atoms with Crippen molar-refractivity contribution < 1.29 is 0 Å². The van der Waals surface area contributed by atoms with Gasteiger partial charge in [0.1, 0.15) is 0 Å². The van der Waals surface area contributed by atoms with E-state index in [-0.39, 0.29) is 0 Å². The summed E-state index contributed by atoms with van der Waals surface area (Å²) < 4.78 is 0. The first kappa shape index (κ1) is 14.7. The summed E-state index contributed by atoms with van der Waals surface area (Å²) in [5.74, 6) is 1.44. The summed E-state index contributed by atoms with van der Waals surface area (Å²) >= 11 is 0. The van der Waals surface area contributed by atoms with Crippen LogP contribution in [0.3, 0.4) is 0 Å². The van der Waals surface area contributed by atoms with Gasteiger partial charge in [-0.3, -0.25) is 0 Å². The topological polar surface area (TPSA) is 15.3 Å². The third-order valence-electron chi connectivity index (χ3n) is 3.91. The lowest BCUT2D eigenvalue weighted by atomic mass is 9.78. The number of hydrogen-bond donors (Lipinski definition) is 1. The van der Waals surface area contributed by atoms with E-state index < -0.39 is 0 Å². The monoisotopic (exact) mass is 238 g/mol. The fourth-order valence-corrected chi connectivity index (χ4v) is 3.13. The molecule has 0 aromatic rings. The van der Waals surface area contributed by atoms with Crippen LogP contribution in [0.1, 0.15) is 39.5 Å². The molecule has 0 aromatic heterocycles. The van der Waals surface area contributed by atoms with E-state index in [2.05, 4.69) is 37.7 Å². The van der Waals surface area contributed by atoms with Crippen LogP contribution >= 0.6 is 0 Å². The minimum atomic E-state index is 0.694. The van der Waals surface area contributed by atoms with E-state index in [4.69, 9.17) is 0 Å². The van der Waals surface area contributed by atoms with Crippen molar-refractivity contribution in [2.75, 3.05) is 27.2 Å². The fraction of sp³-hybridized carbons (Fsp3) is 0.867. The van der Waals surface area contributed by atoms with Crippen LogP contribution < -0.4 is 5.32 Å². The Morgan fingerprint density at radius 2 is 2.18 bits per heavy atom. The fourth-order valence-electron chi connectivity index (χ4n) is 3.13. The summed E-state index contributed by atoms with van der Waals surface area (Å²) in [7, 11) is 4.33. The zero-order chi connectivity index (χ0) is 12.8. The third-order valence-corrected chi connectivity index (χ3v) is 3.91. The molecule has 0 unspecified atom stereocenters. The van der Waals surface area contributed by atoms with Gasteiger partial charge in [-0.15, -0.1) is 0 Å². The molecule has 1 aliphatic carbocycles. The highest BCUT2D eigenvalue weighted by atomic mass is 15.1. The van der Waals surface area contributed by atoms with Gasteiger partial charge >= 0.3 is 0 Å². The molecule has 0 bridgehead atoms. The standard InChI is InChI=1S/C15H30N2/c1-12(2)11-17(5)15-8-6-7-13(3)14(15)9-10-16-4/h12,14-16H,3,6-11H2,1-2,4-5H3/t14-,15+/m0/s1. The van der Waals surface area contributed by atoms with Gasteiger partial charge in [0.05, 0.1) is 0 Å². The van der Waals surface area contributed by atoms with E-state index >= 15 is 0 Å². The first-order chi connectivity index (χ1) is 8.06. The Labute approximate surface area is 107 Å². The number of rotatable bonds is 6.